The molecule has 18 heavy (non-hydrogen) atoms. The van der Waals surface area contributed by atoms with Gasteiger partial charge in [-0.3, -0.25) is 9.58 Å². The number of nitrogens with zero attached hydrogens (tertiary/aromatic N) is 3. The molecule has 4 nitrogen and oxygen atoms in total. The van der Waals surface area contributed by atoms with Gasteiger partial charge in [0.15, 0.2) is 0 Å². The molecule has 1 aromatic rings. The van der Waals surface area contributed by atoms with Crippen LogP contribution in [0.15, 0.2) is 12.4 Å². The lowest BCUT2D eigenvalue weighted by molar-refractivity contribution is 0.152. The molecule has 4 heteroatoms. The minimum atomic E-state index is 0.729. The third kappa shape index (κ3) is 3.56. The highest BCUT2D eigenvalue weighted by Gasteiger charge is 2.20. The Labute approximate surface area is 110 Å². The standard InChI is InChI=1S/C14H26N4/c1-2-18-12-13(10-16-18)11-17(9-8-15)14-6-4-3-5-7-14/h10,12,14H,2-9,11,15H2,1H3. The summed E-state index contributed by atoms with van der Waals surface area (Å²) in [7, 11) is 0. The van der Waals surface area contributed by atoms with E-state index in [1.165, 1.54) is 37.7 Å². The molecule has 2 rings (SSSR count). The minimum absolute atomic E-state index is 0.729. The summed E-state index contributed by atoms with van der Waals surface area (Å²) in [6.07, 6.45) is 11.0. The molecule has 102 valence electrons. The van der Waals surface area contributed by atoms with Gasteiger partial charge in [0.1, 0.15) is 0 Å². The van der Waals surface area contributed by atoms with Gasteiger partial charge in [0.2, 0.25) is 0 Å². The van der Waals surface area contributed by atoms with Gasteiger partial charge in [-0.25, -0.2) is 0 Å². The van der Waals surface area contributed by atoms with Crippen LogP contribution in [0.5, 0.6) is 0 Å². The number of nitrogens with two attached hydrogens (primary N) is 1. The second kappa shape index (κ2) is 6.90. The molecule has 0 unspecified atom stereocenters. The Morgan fingerprint density at radius 2 is 2.17 bits per heavy atom. The summed E-state index contributed by atoms with van der Waals surface area (Å²) in [6, 6.07) is 0.729. The number of hydrogen-bond donors (Lipinski definition) is 1. The number of hydrogen-bond acceptors (Lipinski definition) is 3. The maximum Gasteiger partial charge on any atom is 0.0534 e. The summed E-state index contributed by atoms with van der Waals surface area (Å²) in [4.78, 5) is 2.55. The first-order chi connectivity index (χ1) is 8.83. The van der Waals surface area contributed by atoms with E-state index in [1.807, 2.05) is 10.9 Å². The first-order valence-electron chi connectivity index (χ1n) is 7.29. The van der Waals surface area contributed by atoms with Gasteiger partial charge >= 0.3 is 0 Å². The van der Waals surface area contributed by atoms with Gasteiger partial charge in [-0.2, -0.15) is 5.10 Å². The molecule has 2 N–H and O–H groups in total. The zero-order valence-electron chi connectivity index (χ0n) is 11.5. The number of aryl methyl sites for hydroxylation is 1. The van der Waals surface area contributed by atoms with E-state index in [9.17, 15) is 0 Å². The van der Waals surface area contributed by atoms with E-state index in [0.717, 1.165) is 32.2 Å². The molecule has 1 aromatic heterocycles. The zero-order chi connectivity index (χ0) is 12.8. The van der Waals surface area contributed by atoms with E-state index in [4.69, 9.17) is 5.73 Å². The van der Waals surface area contributed by atoms with Crippen LogP contribution in [0.25, 0.3) is 0 Å². The van der Waals surface area contributed by atoms with E-state index in [0.29, 0.717) is 0 Å². The van der Waals surface area contributed by atoms with Crippen LogP contribution in [0.3, 0.4) is 0 Å². The van der Waals surface area contributed by atoms with Gasteiger partial charge in [-0.05, 0) is 19.8 Å². The average molecular weight is 250 g/mol. The van der Waals surface area contributed by atoms with Crippen LogP contribution in [0.2, 0.25) is 0 Å². The molecule has 0 atom stereocenters. The Morgan fingerprint density at radius 1 is 1.39 bits per heavy atom. The highest BCUT2D eigenvalue weighted by molar-refractivity contribution is 5.04. The van der Waals surface area contributed by atoms with Crippen molar-refractivity contribution in [3.8, 4) is 0 Å². The summed E-state index contributed by atoms with van der Waals surface area (Å²) in [5.74, 6) is 0. The summed E-state index contributed by atoms with van der Waals surface area (Å²) < 4.78 is 2.00. The van der Waals surface area contributed by atoms with E-state index in [2.05, 4.69) is 23.1 Å². The predicted molar refractivity (Wildman–Crippen MR) is 74.2 cm³/mol. The largest absolute Gasteiger partial charge is 0.329 e. The highest BCUT2D eigenvalue weighted by atomic mass is 15.3. The van der Waals surface area contributed by atoms with Crippen molar-refractivity contribution in [3.05, 3.63) is 18.0 Å². The SMILES string of the molecule is CCn1cc(CN(CCN)C2CCCCC2)cn1. The maximum atomic E-state index is 5.76. The predicted octanol–water partition coefficient (Wildman–Crippen LogP) is 2.00. The van der Waals surface area contributed by atoms with Crippen molar-refractivity contribution in [2.45, 2.75) is 58.2 Å². The van der Waals surface area contributed by atoms with Crippen LogP contribution in [-0.4, -0.2) is 33.8 Å². The summed E-state index contributed by atoms with van der Waals surface area (Å²) >= 11 is 0. The molecule has 0 saturated heterocycles. The summed E-state index contributed by atoms with van der Waals surface area (Å²) in [5.41, 5.74) is 7.07. The molecule has 1 fully saturated rings. The fourth-order valence-corrected chi connectivity index (χ4v) is 2.90. The van der Waals surface area contributed by atoms with E-state index in [1.54, 1.807) is 0 Å². The van der Waals surface area contributed by atoms with Crippen molar-refractivity contribution in [1.29, 1.82) is 0 Å². The van der Waals surface area contributed by atoms with E-state index >= 15 is 0 Å². The lowest BCUT2D eigenvalue weighted by Crippen LogP contribution is -2.39. The highest BCUT2D eigenvalue weighted by Crippen LogP contribution is 2.23. The Morgan fingerprint density at radius 3 is 2.78 bits per heavy atom. The van der Waals surface area contributed by atoms with Crippen LogP contribution in [0.1, 0.15) is 44.6 Å². The van der Waals surface area contributed by atoms with Crippen LogP contribution in [0, 0.1) is 0 Å². The van der Waals surface area contributed by atoms with Gasteiger partial charge < -0.3 is 5.73 Å². The van der Waals surface area contributed by atoms with Crippen molar-refractivity contribution in [3.63, 3.8) is 0 Å². The Bertz CT molecular complexity index is 341. The first-order valence-corrected chi connectivity index (χ1v) is 7.29. The van der Waals surface area contributed by atoms with Crippen LogP contribution in [0.4, 0.5) is 0 Å². The van der Waals surface area contributed by atoms with Crippen molar-refractivity contribution >= 4 is 0 Å². The molecule has 0 spiro atoms. The third-order valence-electron chi connectivity index (χ3n) is 3.90. The molecular formula is C14H26N4. The number of aromatic nitrogens is 2. The monoisotopic (exact) mass is 250 g/mol. The molecule has 0 amide bonds. The Balaban J connectivity index is 1.95. The lowest BCUT2D eigenvalue weighted by Gasteiger charge is -2.33. The summed E-state index contributed by atoms with van der Waals surface area (Å²) in [6.45, 7) is 5.82. The van der Waals surface area contributed by atoms with Gasteiger partial charge in [0.25, 0.3) is 0 Å². The Hall–Kier alpha value is -0.870. The zero-order valence-corrected chi connectivity index (χ0v) is 11.5. The molecular weight excluding hydrogens is 224 g/mol. The van der Waals surface area contributed by atoms with E-state index in [-0.39, 0.29) is 0 Å². The normalized spacial score (nSPS) is 17.5. The fourth-order valence-electron chi connectivity index (χ4n) is 2.90. The molecule has 0 aromatic carbocycles. The quantitative estimate of drug-likeness (QED) is 0.840. The number of rotatable bonds is 6. The van der Waals surface area contributed by atoms with Gasteiger partial charge in [0.05, 0.1) is 6.20 Å². The van der Waals surface area contributed by atoms with Crippen molar-refractivity contribution < 1.29 is 0 Å². The molecule has 0 radical (unpaired) electrons. The summed E-state index contributed by atoms with van der Waals surface area (Å²) in [5, 5.41) is 4.35. The lowest BCUT2D eigenvalue weighted by atomic mass is 9.94. The Kier molecular flexibility index (Phi) is 5.20. The van der Waals surface area contributed by atoms with Gasteiger partial charge in [-0.1, -0.05) is 19.3 Å². The smallest absolute Gasteiger partial charge is 0.0534 e. The second-order valence-electron chi connectivity index (χ2n) is 5.26. The molecule has 1 aliphatic carbocycles. The fraction of sp³-hybridized carbons (Fsp3) is 0.786. The molecule has 1 heterocycles. The topological polar surface area (TPSA) is 47.1 Å². The van der Waals surface area contributed by atoms with Crippen molar-refractivity contribution in [2.75, 3.05) is 13.1 Å². The first kappa shape index (κ1) is 13.6. The molecule has 0 bridgehead atoms. The van der Waals surface area contributed by atoms with Crippen LogP contribution in [-0.2, 0) is 13.1 Å². The molecule has 1 aliphatic rings. The average Bonchev–Trinajstić information content (AvgIpc) is 2.87. The maximum absolute atomic E-state index is 5.76. The third-order valence-corrected chi connectivity index (χ3v) is 3.90. The van der Waals surface area contributed by atoms with Crippen LogP contribution >= 0.6 is 0 Å². The van der Waals surface area contributed by atoms with Crippen LogP contribution < -0.4 is 5.73 Å². The minimum Gasteiger partial charge on any atom is -0.329 e. The van der Waals surface area contributed by atoms with Crippen molar-refractivity contribution in [1.82, 2.24) is 14.7 Å². The second-order valence-corrected chi connectivity index (χ2v) is 5.26. The van der Waals surface area contributed by atoms with E-state index < -0.39 is 0 Å². The van der Waals surface area contributed by atoms with Gasteiger partial charge in [0, 0.05) is 44.0 Å². The van der Waals surface area contributed by atoms with Gasteiger partial charge in [-0.15, -0.1) is 0 Å². The molecule has 1 saturated carbocycles. The molecule has 0 aliphatic heterocycles. The van der Waals surface area contributed by atoms with Crippen molar-refractivity contribution in [2.24, 2.45) is 5.73 Å².